The first-order valence-electron chi connectivity index (χ1n) is 8.70. The Morgan fingerprint density at radius 3 is 2.39 bits per heavy atom. The Balaban J connectivity index is 0.00000156. The van der Waals surface area contributed by atoms with Gasteiger partial charge in [-0.05, 0) is 49.4 Å². The van der Waals surface area contributed by atoms with Crippen molar-refractivity contribution in [2.75, 3.05) is 32.7 Å². The van der Waals surface area contributed by atoms with E-state index in [1.54, 1.807) is 0 Å². The number of piperidine rings is 3. The van der Waals surface area contributed by atoms with Crippen LogP contribution >= 0.6 is 12.4 Å². The number of aliphatic hydroxyl groups is 1. The second kappa shape index (κ2) is 7.35. The summed E-state index contributed by atoms with van der Waals surface area (Å²) in [5, 5.41) is 10.5. The molecule has 0 saturated carbocycles. The van der Waals surface area contributed by atoms with E-state index >= 15 is 0 Å². The van der Waals surface area contributed by atoms with E-state index in [9.17, 15) is 5.11 Å². The summed E-state index contributed by atoms with van der Waals surface area (Å²) in [5.74, 6) is 0.551. The van der Waals surface area contributed by atoms with E-state index in [4.69, 9.17) is 0 Å². The fourth-order valence-electron chi connectivity index (χ4n) is 4.40. The summed E-state index contributed by atoms with van der Waals surface area (Å²) in [7, 11) is 0. The second-order valence-electron chi connectivity index (χ2n) is 7.04. The van der Waals surface area contributed by atoms with Crippen molar-refractivity contribution in [2.24, 2.45) is 5.92 Å². The highest BCUT2D eigenvalue weighted by Crippen LogP contribution is 2.33. The molecule has 0 aromatic heterocycles. The normalized spacial score (nSPS) is 33.9. The van der Waals surface area contributed by atoms with Crippen LogP contribution in [0.4, 0.5) is 0 Å². The number of halogens is 1. The largest absolute Gasteiger partial charge is 0.391 e. The van der Waals surface area contributed by atoms with E-state index in [1.807, 2.05) is 0 Å². The van der Waals surface area contributed by atoms with E-state index in [-0.39, 0.29) is 18.5 Å². The molecule has 5 rings (SSSR count). The minimum Gasteiger partial charge on any atom is -0.391 e. The number of benzene rings is 1. The summed E-state index contributed by atoms with van der Waals surface area (Å²) < 4.78 is 0. The topological polar surface area (TPSA) is 26.7 Å². The summed E-state index contributed by atoms with van der Waals surface area (Å²) in [6.07, 6.45) is 5.77. The van der Waals surface area contributed by atoms with Crippen LogP contribution in [0.25, 0.3) is 5.57 Å². The highest BCUT2D eigenvalue weighted by molar-refractivity contribution is 5.85. The fraction of sp³-hybridized carbons (Fsp3) is 0.579. The number of hydrogen-bond donors (Lipinski definition) is 1. The Bertz CT molecular complexity index is 538. The molecule has 0 spiro atoms. The van der Waals surface area contributed by atoms with Crippen LogP contribution < -0.4 is 0 Å². The molecule has 0 aliphatic carbocycles. The predicted molar refractivity (Wildman–Crippen MR) is 96.8 cm³/mol. The van der Waals surface area contributed by atoms with Crippen LogP contribution in [0.1, 0.15) is 24.8 Å². The lowest BCUT2D eigenvalue weighted by Crippen LogP contribution is -2.61. The first kappa shape index (κ1) is 17.0. The lowest BCUT2D eigenvalue weighted by molar-refractivity contribution is -0.0808. The number of nitrogens with zero attached hydrogens (tertiary/aromatic N) is 2. The zero-order chi connectivity index (χ0) is 14.9. The van der Waals surface area contributed by atoms with E-state index in [0.717, 1.165) is 26.1 Å². The second-order valence-corrected chi connectivity index (χ2v) is 7.04. The zero-order valence-corrected chi connectivity index (χ0v) is 14.4. The molecule has 1 N–H and O–H groups in total. The minimum absolute atomic E-state index is 0. The molecule has 23 heavy (non-hydrogen) atoms. The first-order chi connectivity index (χ1) is 10.8. The summed E-state index contributed by atoms with van der Waals surface area (Å²) in [6.45, 7) is 5.53. The molecule has 0 radical (unpaired) electrons. The Morgan fingerprint density at radius 2 is 1.78 bits per heavy atom. The molecular formula is C19H27ClN2O. The Kier molecular flexibility index (Phi) is 5.42. The summed E-state index contributed by atoms with van der Waals surface area (Å²) >= 11 is 0. The standard InChI is InChI=1S/C19H26N2O.ClH/c22-19-17-8-12-21(13-9-17)18(19)14-20-10-6-16(7-11-20)15-4-2-1-3-5-15;/h1-6,17-19,22H,7-14H2;1H. The SMILES string of the molecule is Cl.OC1C2CCN(CC2)C1CN1CC=C(c2ccccc2)CC1. The van der Waals surface area contributed by atoms with Gasteiger partial charge in [-0.25, -0.2) is 0 Å². The summed E-state index contributed by atoms with van der Waals surface area (Å²) in [5.41, 5.74) is 2.84. The van der Waals surface area contributed by atoms with Gasteiger partial charge in [0.05, 0.1) is 6.10 Å². The van der Waals surface area contributed by atoms with Crippen LogP contribution in [0.15, 0.2) is 36.4 Å². The van der Waals surface area contributed by atoms with Crippen molar-refractivity contribution in [3.63, 3.8) is 0 Å². The van der Waals surface area contributed by atoms with E-state index in [2.05, 4.69) is 46.2 Å². The third-order valence-electron chi connectivity index (χ3n) is 5.80. The smallest absolute Gasteiger partial charge is 0.0736 e. The molecule has 4 heterocycles. The van der Waals surface area contributed by atoms with Crippen LogP contribution in [0, 0.1) is 5.92 Å². The summed E-state index contributed by atoms with van der Waals surface area (Å²) in [4.78, 5) is 5.03. The maximum absolute atomic E-state index is 10.5. The van der Waals surface area contributed by atoms with Gasteiger partial charge >= 0.3 is 0 Å². The molecule has 1 aromatic rings. The fourth-order valence-corrected chi connectivity index (χ4v) is 4.40. The van der Waals surface area contributed by atoms with Gasteiger partial charge in [0.1, 0.15) is 0 Å². The minimum atomic E-state index is -0.109. The van der Waals surface area contributed by atoms with Gasteiger partial charge in [-0.1, -0.05) is 36.4 Å². The van der Waals surface area contributed by atoms with Crippen molar-refractivity contribution in [2.45, 2.75) is 31.4 Å². The van der Waals surface area contributed by atoms with Crippen molar-refractivity contribution in [3.05, 3.63) is 42.0 Å². The number of aliphatic hydroxyl groups excluding tert-OH is 1. The Morgan fingerprint density at radius 1 is 1.04 bits per heavy atom. The van der Waals surface area contributed by atoms with Crippen LogP contribution in [0.2, 0.25) is 0 Å². The van der Waals surface area contributed by atoms with Gasteiger partial charge in [-0.15, -0.1) is 12.4 Å². The molecule has 126 valence electrons. The van der Waals surface area contributed by atoms with E-state index in [0.29, 0.717) is 12.0 Å². The summed E-state index contributed by atoms with van der Waals surface area (Å²) in [6, 6.07) is 11.1. The zero-order valence-electron chi connectivity index (χ0n) is 13.6. The third kappa shape index (κ3) is 3.48. The van der Waals surface area contributed by atoms with Gasteiger partial charge < -0.3 is 5.11 Å². The van der Waals surface area contributed by atoms with Gasteiger partial charge in [0.25, 0.3) is 0 Å². The monoisotopic (exact) mass is 334 g/mol. The van der Waals surface area contributed by atoms with E-state index in [1.165, 1.54) is 37.1 Å². The molecule has 2 unspecified atom stereocenters. The Labute approximate surface area is 145 Å². The van der Waals surface area contributed by atoms with Crippen LogP contribution in [-0.2, 0) is 0 Å². The van der Waals surface area contributed by atoms with Crippen molar-refractivity contribution in [1.82, 2.24) is 9.80 Å². The molecule has 4 aliphatic rings. The molecule has 4 heteroatoms. The maximum atomic E-state index is 10.5. The quantitative estimate of drug-likeness (QED) is 0.920. The Hall–Kier alpha value is -0.870. The highest BCUT2D eigenvalue weighted by Gasteiger charge is 2.41. The average Bonchev–Trinajstić information content (AvgIpc) is 2.60. The number of rotatable bonds is 3. The van der Waals surface area contributed by atoms with Gasteiger partial charge in [0, 0.05) is 25.7 Å². The average molecular weight is 335 g/mol. The molecule has 4 aliphatic heterocycles. The first-order valence-corrected chi connectivity index (χ1v) is 8.70. The van der Waals surface area contributed by atoms with Crippen LogP contribution in [-0.4, -0.2) is 59.8 Å². The molecule has 0 amide bonds. The van der Waals surface area contributed by atoms with Gasteiger partial charge in [-0.2, -0.15) is 0 Å². The van der Waals surface area contributed by atoms with Gasteiger partial charge in [-0.3, -0.25) is 9.80 Å². The van der Waals surface area contributed by atoms with Crippen LogP contribution in [0.5, 0.6) is 0 Å². The molecule has 2 bridgehead atoms. The van der Waals surface area contributed by atoms with Gasteiger partial charge in [0.2, 0.25) is 0 Å². The van der Waals surface area contributed by atoms with Gasteiger partial charge in [0.15, 0.2) is 0 Å². The molecule has 1 aromatic carbocycles. The predicted octanol–water partition coefficient (Wildman–Crippen LogP) is 2.65. The lowest BCUT2D eigenvalue weighted by Gasteiger charge is -2.50. The van der Waals surface area contributed by atoms with Crippen molar-refractivity contribution < 1.29 is 5.11 Å². The van der Waals surface area contributed by atoms with Crippen molar-refractivity contribution in [1.29, 1.82) is 0 Å². The molecule has 3 saturated heterocycles. The number of fused-ring (bicyclic) bond motifs is 3. The number of hydrogen-bond acceptors (Lipinski definition) is 3. The van der Waals surface area contributed by atoms with E-state index < -0.39 is 0 Å². The molecule has 2 atom stereocenters. The third-order valence-corrected chi connectivity index (χ3v) is 5.80. The van der Waals surface area contributed by atoms with Crippen molar-refractivity contribution >= 4 is 18.0 Å². The van der Waals surface area contributed by atoms with Crippen LogP contribution in [0.3, 0.4) is 0 Å². The maximum Gasteiger partial charge on any atom is 0.0736 e. The lowest BCUT2D eigenvalue weighted by atomic mass is 9.80. The molecular weight excluding hydrogens is 308 g/mol. The highest BCUT2D eigenvalue weighted by atomic mass is 35.5. The molecule has 3 fully saturated rings. The molecule has 3 nitrogen and oxygen atoms in total. The van der Waals surface area contributed by atoms with Crippen molar-refractivity contribution in [3.8, 4) is 0 Å².